The van der Waals surface area contributed by atoms with Crippen LogP contribution in [0.3, 0.4) is 0 Å². The van der Waals surface area contributed by atoms with Gasteiger partial charge in [-0.05, 0) is 43.9 Å². The Balaban J connectivity index is 1.43. The number of thioether (sulfide) groups is 1. The van der Waals surface area contributed by atoms with E-state index in [1.54, 1.807) is 23.1 Å². The van der Waals surface area contributed by atoms with Crippen LogP contribution in [-0.2, 0) is 0 Å². The second kappa shape index (κ2) is 6.66. The van der Waals surface area contributed by atoms with Gasteiger partial charge in [-0.2, -0.15) is 0 Å². The second-order valence-electron chi connectivity index (χ2n) is 5.26. The van der Waals surface area contributed by atoms with Crippen LogP contribution in [0, 0.1) is 13.8 Å². The fourth-order valence-electron chi connectivity index (χ4n) is 1.87. The third-order valence-corrected chi connectivity index (χ3v) is 5.17. The standard InChI is InChI=1S/C15H19N3OS2/c1-10-3-4-11(2)13(9-10)19-7-8-20-15-18-17-14(21-15)16-12-5-6-12/h3-4,9,12H,5-8H2,1-2H3,(H,16,17). The van der Waals surface area contributed by atoms with Crippen LogP contribution < -0.4 is 10.1 Å². The highest BCUT2D eigenvalue weighted by Crippen LogP contribution is 2.30. The molecule has 0 spiro atoms. The molecule has 0 aliphatic heterocycles. The molecule has 1 heterocycles. The summed E-state index contributed by atoms with van der Waals surface area (Å²) in [6.45, 7) is 4.83. The van der Waals surface area contributed by atoms with Crippen molar-refractivity contribution in [2.24, 2.45) is 0 Å². The summed E-state index contributed by atoms with van der Waals surface area (Å²) in [6, 6.07) is 6.91. The highest BCUT2D eigenvalue weighted by molar-refractivity contribution is 8.01. The summed E-state index contributed by atoms with van der Waals surface area (Å²) in [5.41, 5.74) is 2.40. The van der Waals surface area contributed by atoms with Gasteiger partial charge in [0.25, 0.3) is 0 Å². The molecule has 1 saturated carbocycles. The Labute approximate surface area is 133 Å². The first-order valence-electron chi connectivity index (χ1n) is 7.13. The van der Waals surface area contributed by atoms with Crippen molar-refractivity contribution in [3.05, 3.63) is 29.3 Å². The van der Waals surface area contributed by atoms with Gasteiger partial charge in [-0.15, -0.1) is 10.2 Å². The number of benzene rings is 1. The molecular weight excluding hydrogens is 302 g/mol. The van der Waals surface area contributed by atoms with Crippen LogP contribution in [0.5, 0.6) is 5.75 Å². The van der Waals surface area contributed by atoms with E-state index in [0.717, 1.165) is 21.0 Å². The molecule has 1 N–H and O–H groups in total. The molecule has 0 radical (unpaired) electrons. The Bertz CT molecular complexity index is 611. The van der Waals surface area contributed by atoms with E-state index in [1.165, 1.54) is 24.0 Å². The van der Waals surface area contributed by atoms with E-state index >= 15 is 0 Å². The third-order valence-electron chi connectivity index (χ3n) is 3.22. The Morgan fingerprint density at radius 1 is 1.33 bits per heavy atom. The number of ether oxygens (including phenoxy) is 1. The van der Waals surface area contributed by atoms with E-state index in [4.69, 9.17) is 4.74 Å². The van der Waals surface area contributed by atoms with Gasteiger partial charge >= 0.3 is 0 Å². The number of hydrogen-bond acceptors (Lipinski definition) is 6. The Hall–Kier alpha value is -1.27. The van der Waals surface area contributed by atoms with Crippen molar-refractivity contribution in [1.29, 1.82) is 0 Å². The van der Waals surface area contributed by atoms with Gasteiger partial charge in [-0.25, -0.2) is 0 Å². The van der Waals surface area contributed by atoms with Crippen LogP contribution in [-0.4, -0.2) is 28.6 Å². The highest BCUT2D eigenvalue weighted by atomic mass is 32.2. The molecule has 0 atom stereocenters. The topological polar surface area (TPSA) is 47.0 Å². The van der Waals surface area contributed by atoms with Gasteiger partial charge in [-0.3, -0.25) is 0 Å². The van der Waals surface area contributed by atoms with E-state index in [0.29, 0.717) is 12.6 Å². The first-order valence-corrected chi connectivity index (χ1v) is 8.94. The van der Waals surface area contributed by atoms with Gasteiger partial charge in [0, 0.05) is 11.8 Å². The number of nitrogens with zero attached hydrogens (tertiary/aromatic N) is 2. The normalized spacial score (nSPS) is 14.2. The lowest BCUT2D eigenvalue weighted by Crippen LogP contribution is -2.01. The number of rotatable bonds is 7. The van der Waals surface area contributed by atoms with Gasteiger partial charge in [0.05, 0.1) is 6.61 Å². The zero-order chi connectivity index (χ0) is 14.7. The Kier molecular flexibility index (Phi) is 4.65. The molecule has 21 heavy (non-hydrogen) atoms. The first-order chi connectivity index (χ1) is 10.2. The zero-order valence-electron chi connectivity index (χ0n) is 12.3. The van der Waals surface area contributed by atoms with E-state index in [9.17, 15) is 0 Å². The smallest absolute Gasteiger partial charge is 0.206 e. The number of hydrogen-bond donors (Lipinski definition) is 1. The molecule has 3 rings (SSSR count). The molecule has 1 fully saturated rings. The summed E-state index contributed by atoms with van der Waals surface area (Å²) in [5, 5.41) is 12.6. The molecule has 0 amide bonds. The molecular formula is C15H19N3OS2. The molecule has 4 nitrogen and oxygen atoms in total. The summed E-state index contributed by atoms with van der Waals surface area (Å²) in [6.07, 6.45) is 2.51. The van der Waals surface area contributed by atoms with Crippen LogP contribution >= 0.6 is 23.1 Å². The number of nitrogens with one attached hydrogen (secondary N) is 1. The lowest BCUT2D eigenvalue weighted by Gasteiger charge is -2.09. The molecule has 6 heteroatoms. The predicted octanol–water partition coefficient (Wildman–Crippen LogP) is 3.90. The molecule has 2 aromatic rings. The van der Waals surface area contributed by atoms with Crippen molar-refractivity contribution in [2.45, 2.75) is 37.1 Å². The maximum Gasteiger partial charge on any atom is 0.206 e. The minimum Gasteiger partial charge on any atom is -0.492 e. The predicted molar refractivity (Wildman–Crippen MR) is 88.7 cm³/mol. The van der Waals surface area contributed by atoms with Crippen molar-refractivity contribution < 1.29 is 4.74 Å². The average Bonchev–Trinajstić information content (AvgIpc) is 3.16. The lowest BCUT2D eigenvalue weighted by atomic mass is 10.1. The molecule has 0 saturated heterocycles. The van der Waals surface area contributed by atoms with Gasteiger partial charge in [0.2, 0.25) is 5.13 Å². The van der Waals surface area contributed by atoms with Crippen molar-refractivity contribution in [1.82, 2.24) is 10.2 Å². The minimum atomic E-state index is 0.628. The summed E-state index contributed by atoms with van der Waals surface area (Å²) < 4.78 is 6.84. The van der Waals surface area contributed by atoms with E-state index in [2.05, 4.69) is 47.6 Å². The third kappa shape index (κ3) is 4.35. The molecule has 1 aromatic heterocycles. The fourth-order valence-corrected chi connectivity index (χ4v) is 3.59. The number of aryl methyl sites for hydroxylation is 2. The van der Waals surface area contributed by atoms with Crippen molar-refractivity contribution in [2.75, 3.05) is 17.7 Å². The summed E-state index contributed by atoms with van der Waals surface area (Å²) >= 11 is 3.33. The van der Waals surface area contributed by atoms with Crippen LogP contribution in [0.15, 0.2) is 22.5 Å². The van der Waals surface area contributed by atoms with Crippen molar-refractivity contribution in [3.63, 3.8) is 0 Å². The summed E-state index contributed by atoms with van der Waals surface area (Å²) in [4.78, 5) is 0. The summed E-state index contributed by atoms with van der Waals surface area (Å²) in [5.74, 6) is 1.86. The Morgan fingerprint density at radius 3 is 3.00 bits per heavy atom. The van der Waals surface area contributed by atoms with Crippen LogP contribution in [0.2, 0.25) is 0 Å². The number of anilines is 1. The molecule has 1 aliphatic carbocycles. The van der Waals surface area contributed by atoms with Crippen molar-refractivity contribution >= 4 is 28.2 Å². The lowest BCUT2D eigenvalue weighted by molar-refractivity contribution is 0.341. The van der Waals surface area contributed by atoms with E-state index in [1.807, 2.05) is 0 Å². The number of aromatic nitrogens is 2. The first kappa shape index (κ1) is 14.7. The Morgan fingerprint density at radius 2 is 2.19 bits per heavy atom. The minimum absolute atomic E-state index is 0.628. The van der Waals surface area contributed by atoms with Crippen LogP contribution in [0.25, 0.3) is 0 Å². The molecule has 0 bridgehead atoms. The monoisotopic (exact) mass is 321 g/mol. The van der Waals surface area contributed by atoms with E-state index in [-0.39, 0.29) is 0 Å². The molecule has 1 aromatic carbocycles. The molecule has 1 aliphatic rings. The second-order valence-corrected chi connectivity index (χ2v) is 7.58. The van der Waals surface area contributed by atoms with Gasteiger partial charge in [0.1, 0.15) is 5.75 Å². The maximum atomic E-state index is 5.84. The highest BCUT2D eigenvalue weighted by Gasteiger charge is 2.22. The van der Waals surface area contributed by atoms with Gasteiger partial charge in [-0.1, -0.05) is 35.2 Å². The van der Waals surface area contributed by atoms with Gasteiger partial charge < -0.3 is 10.1 Å². The molecule has 0 unspecified atom stereocenters. The largest absolute Gasteiger partial charge is 0.492 e. The average molecular weight is 321 g/mol. The van der Waals surface area contributed by atoms with Crippen LogP contribution in [0.1, 0.15) is 24.0 Å². The van der Waals surface area contributed by atoms with Gasteiger partial charge in [0.15, 0.2) is 4.34 Å². The summed E-state index contributed by atoms with van der Waals surface area (Å²) in [7, 11) is 0. The maximum absolute atomic E-state index is 5.84. The zero-order valence-corrected chi connectivity index (χ0v) is 13.9. The van der Waals surface area contributed by atoms with Crippen LogP contribution in [0.4, 0.5) is 5.13 Å². The van der Waals surface area contributed by atoms with Crippen molar-refractivity contribution in [3.8, 4) is 5.75 Å². The fraction of sp³-hybridized carbons (Fsp3) is 0.467. The molecule has 112 valence electrons. The quantitative estimate of drug-likeness (QED) is 0.619. The van der Waals surface area contributed by atoms with E-state index < -0.39 is 0 Å². The SMILES string of the molecule is Cc1ccc(C)c(OCCSc2nnc(NC3CC3)s2)c1.